The van der Waals surface area contributed by atoms with E-state index in [2.05, 4.69) is 0 Å². The van der Waals surface area contributed by atoms with Crippen LogP contribution in [0.2, 0.25) is 5.02 Å². The SMILES string of the molecule is O=S(=O)(NC(CO)CO)c1cc(F)ccc1Cl. The topological polar surface area (TPSA) is 86.6 Å². The monoisotopic (exact) mass is 283 g/mol. The van der Waals surface area contributed by atoms with Crippen LogP contribution in [0.1, 0.15) is 0 Å². The Morgan fingerprint density at radius 2 is 1.94 bits per heavy atom. The summed E-state index contributed by atoms with van der Waals surface area (Å²) >= 11 is 5.64. The maximum absolute atomic E-state index is 12.9. The van der Waals surface area contributed by atoms with E-state index in [4.69, 9.17) is 21.8 Å². The molecule has 0 aliphatic rings. The zero-order valence-corrected chi connectivity index (χ0v) is 10.2. The van der Waals surface area contributed by atoms with Crippen LogP contribution in [0, 0.1) is 5.82 Å². The fourth-order valence-electron chi connectivity index (χ4n) is 1.10. The third-order valence-electron chi connectivity index (χ3n) is 1.95. The summed E-state index contributed by atoms with van der Waals surface area (Å²) in [4.78, 5) is -0.439. The van der Waals surface area contributed by atoms with Gasteiger partial charge >= 0.3 is 0 Å². The first kappa shape index (κ1) is 14.3. The van der Waals surface area contributed by atoms with Gasteiger partial charge < -0.3 is 10.2 Å². The summed E-state index contributed by atoms with van der Waals surface area (Å²) in [5.41, 5.74) is 0. The molecule has 96 valence electrons. The van der Waals surface area contributed by atoms with Gasteiger partial charge in [0.05, 0.1) is 24.3 Å². The number of aliphatic hydroxyl groups excluding tert-OH is 2. The number of nitrogens with one attached hydrogen (secondary N) is 1. The Kier molecular flexibility index (Phi) is 4.84. The zero-order valence-electron chi connectivity index (χ0n) is 8.60. The third kappa shape index (κ3) is 3.62. The summed E-state index contributed by atoms with van der Waals surface area (Å²) < 4.78 is 38.4. The summed E-state index contributed by atoms with van der Waals surface area (Å²) in [5, 5.41) is 17.4. The van der Waals surface area contributed by atoms with E-state index in [9.17, 15) is 12.8 Å². The number of hydrogen-bond donors (Lipinski definition) is 3. The molecule has 0 heterocycles. The molecule has 3 N–H and O–H groups in total. The number of rotatable bonds is 5. The number of aliphatic hydroxyl groups is 2. The molecule has 0 atom stereocenters. The molecule has 0 saturated carbocycles. The Labute approximate surface area is 103 Å². The van der Waals surface area contributed by atoms with Gasteiger partial charge in [-0.3, -0.25) is 0 Å². The van der Waals surface area contributed by atoms with Gasteiger partial charge in [0, 0.05) is 0 Å². The van der Waals surface area contributed by atoms with E-state index in [-0.39, 0.29) is 5.02 Å². The highest BCUT2D eigenvalue weighted by Gasteiger charge is 2.22. The van der Waals surface area contributed by atoms with E-state index in [1.165, 1.54) is 0 Å². The number of sulfonamides is 1. The van der Waals surface area contributed by atoms with Crippen molar-refractivity contribution in [1.82, 2.24) is 4.72 Å². The standard InChI is InChI=1S/C9H11ClFNO4S/c10-8-2-1-6(11)3-9(8)17(15,16)12-7(4-13)5-14/h1-3,7,12-14H,4-5H2. The smallest absolute Gasteiger partial charge is 0.242 e. The lowest BCUT2D eigenvalue weighted by molar-refractivity contribution is 0.185. The van der Waals surface area contributed by atoms with Crippen molar-refractivity contribution >= 4 is 21.6 Å². The minimum Gasteiger partial charge on any atom is -0.395 e. The minimum absolute atomic E-state index is 0.145. The van der Waals surface area contributed by atoms with Crippen LogP contribution in [-0.2, 0) is 10.0 Å². The summed E-state index contributed by atoms with van der Waals surface area (Å²) in [6.07, 6.45) is 0. The normalized spacial score (nSPS) is 12.1. The molecular formula is C9H11ClFNO4S. The van der Waals surface area contributed by atoms with Crippen LogP contribution in [0.3, 0.4) is 0 Å². The van der Waals surface area contributed by atoms with Gasteiger partial charge in [-0.25, -0.2) is 17.5 Å². The molecule has 17 heavy (non-hydrogen) atoms. The second-order valence-corrected chi connectivity index (χ2v) is 5.35. The summed E-state index contributed by atoms with van der Waals surface area (Å²) in [7, 11) is -4.08. The predicted octanol–water partition coefficient (Wildman–Crippen LogP) is 0.111. The first-order valence-corrected chi connectivity index (χ1v) is 6.46. The van der Waals surface area contributed by atoms with E-state index in [0.29, 0.717) is 0 Å². The van der Waals surface area contributed by atoms with E-state index >= 15 is 0 Å². The van der Waals surface area contributed by atoms with Gasteiger partial charge in [-0.05, 0) is 18.2 Å². The predicted molar refractivity (Wildman–Crippen MR) is 59.7 cm³/mol. The van der Waals surface area contributed by atoms with Crippen molar-refractivity contribution < 1.29 is 23.0 Å². The molecule has 0 fully saturated rings. The second kappa shape index (κ2) is 5.74. The molecule has 8 heteroatoms. The van der Waals surface area contributed by atoms with Crippen LogP contribution in [0.25, 0.3) is 0 Å². The van der Waals surface area contributed by atoms with Gasteiger partial charge in [0.2, 0.25) is 10.0 Å². The lowest BCUT2D eigenvalue weighted by atomic mass is 10.3. The second-order valence-electron chi connectivity index (χ2n) is 3.26. The molecule has 0 bridgehead atoms. The largest absolute Gasteiger partial charge is 0.395 e. The van der Waals surface area contributed by atoms with Crippen LogP contribution >= 0.6 is 11.6 Å². The molecule has 5 nitrogen and oxygen atoms in total. The Morgan fingerprint density at radius 3 is 2.47 bits per heavy atom. The number of hydrogen-bond acceptors (Lipinski definition) is 4. The molecule has 0 aliphatic carbocycles. The Hall–Kier alpha value is -0.730. The third-order valence-corrected chi connectivity index (χ3v) is 3.95. The highest BCUT2D eigenvalue weighted by atomic mass is 35.5. The Balaban J connectivity index is 3.09. The van der Waals surface area contributed by atoms with E-state index in [1.54, 1.807) is 0 Å². The van der Waals surface area contributed by atoms with Crippen LogP contribution in [0.5, 0.6) is 0 Å². The van der Waals surface area contributed by atoms with Gasteiger partial charge in [-0.1, -0.05) is 11.6 Å². The molecule has 1 aromatic rings. The molecule has 0 spiro atoms. The van der Waals surface area contributed by atoms with Crippen molar-refractivity contribution in [3.8, 4) is 0 Å². The van der Waals surface area contributed by atoms with Crippen molar-refractivity contribution in [3.63, 3.8) is 0 Å². The van der Waals surface area contributed by atoms with Crippen LogP contribution in [-0.4, -0.2) is 37.9 Å². The van der Waals surface area contributed by atoms with Crippen LogP contribution < -0.4 is 4.72 Å². The maximum atomic E-state index is 12.9. The quantitative estimate of drug-likeness (QED) is 0.716. The van der Waals surface area contributed by atoms with E-state index < -0.39 is 40.0 Å². The van der Waals surface area contributed by atoms with E-state index in [1.807, 2.05) is 4.72 Å². The van der Waals surface area contributed by atoms with Gasteiger partial charge in [-0.2, -0.15) is 0 Å². The number of halogens is 2. The summed E-state index contributed by atoms with van der Waals surface area (Å²) in [6.45, 7) is -1.16. The van der Waals surface area contributed by atoms with Crippen molar-refractivity contribution in [2.75, 3.05) is 13.2 Å². The molecule has 0 unspecified atom stereocenters. The first-order chi connectivity index (χ1) is 7.90. The fraction of sp³-hybridized carbons (Fsp3) is 0.333. The molecule has 0 radical (unpaired) electrons. The minimum atomic E-state index is -4.08. The highest BCUT2D eigenvalue weighted by molar-refractivity contribution is 7.89. The van der Waals surface area contributed by atoms with Gasteiger partial charge in [0.25, 0.3) is 0 Å². The van der Waals surface area contributed by atoms with Crippen LogP contribution in [0.4, 0.5) is 4.39 Å². The van der Waals surface area contributed by atoms with Crippen molar-refractivity contribution in [2.24, 2.45) is 0 Å². The van der Waals surface area contributed by atoms with Crippen LogP contribution in [0.15, 0.2) is 23.1 Å². The Morgan fingerprint density at radius 1 is 1.35 bits per heavy atom. The Bertz CT molecular complexity index is 490. The van der Waals surface area contributed by atoms with Crippen molar-refractivity contribution in [3.05, 3.63) is 29.0 Å². The lowest BCUT2D eigenvalue weighted by Gasteiger charge is -2.14. The molecule has 0 aliphatic heterocycles. The molecule has 1 aromatic carbocycles. The van der Waals surface area contributed by atoms with Gasteiger partial charge in [0.15, 0.2) is 0 Å². The summed E-state index contributed by atoms with van der Waals surface area (Å²) in [6, 6.07) is 1.84. The average molecular weight is 284 g/mol. The van der Waals surface area contributed by atoms with Gasteiger partial charge in [0.1, 0.15) is 10.7 Å². The fourth-order valence-corrected chi connectivity index (χ4v) is 2.83. The first-order valence-electron chi connectivity index (χ1n) is 4.60. The molecule has 0 aromatic heterocycles. The summed E-state index contributed by atoms with van der Waals surface area (Å²) in [5.74, 6) is -0.751. The number of benzene rings is 1. The lowest BCUT2D eigenvalue weighted by Crippen LogP contribution is -2.40. The van der Waals surface area contributed by atoms with Crippen molar-refractivity contribution in [1.29, 1.82) is 0 Å². The van der Waals surface area contributed by atoms with E-state index in [0.717, 1.165) is 18.2 Å². The molecule has 0 amide bonds. The maximum Gasteiger partial charge on any atom is 0.242 e. The molecular weight excluding hydrogens is 273 g/mol. The zero-order chi connectivity index (χ0) is 13.1. The molecule has 1 rings (SSSR count). The highest BCUT2D eigenvalue weighted by Crippen LogP contribution is 2.22. The van der Waals surface area contributed by atoms with Crippen molar-refractivity contribution in [2.45, 2.75) is 10.9 Å². The average Bonchev–Trinajstić information content (AvgIpc) is 2.29. The molecule has 0 saturated heterocycles. The van der Waals surface area contributed by atoms with Gasteiger partial charge in [-0.15, -0.1) is 0 Å².